The quantitative estimate of drug-likeness (QED) is 0.0243. The Morgan fingerprint density at radius 2 is 0.730 bits per heavy atom. The standard InChI is InChI=1S/C28H60N4O9P2.C22H42N2O3.C20H41N2O5P.C17H31NO4.C17H33NO3/c1-19(2)29-24-11-26(31(13-24)21(5)6)15-37-42(33,34)39-17-28(41-23(9)10)18-40-43(35,36)38-16-27-12-25(30-20(3)4)14-32(27)22(7)8;1-16(2)8-7-9-21(25)13-19-12-20(15-27-18(5)6)24(14-19)22(26)10-11-23-17(3)4;1-8-17-9-20(12-21(17)14(2)3)27-28(23,24)25-13-18-10-19(26-16(6)7)11-22(18)15(4)5;1-11(2)16(19)8-17(20)18-9-15(22-13(5)6)7-14(18)10-21-12(3)4;1-12(2)7-8-17(19)18-10-16(21-14(5)6)9-15(18)11-20-13(3)4/h19-30H,11-18H2,1-10H3,(H,33,34)(H,35,36);16-20,23H,7-15H2,1-6H3;14-20H,8-13H2,1-7H3,(H,23,24);11-15H,7-10H2,1-6H3;12-16H,7-11H2,1-6H3/t;;;14-,15+;15-,16+/m...00/s1. The number of ketones is 2. The van der Waals surface area contributed by atoms with E-state index in [1.165, 1.54) is 0 Å². The zero-order valence-corrected chi connectivity index (χ0v) is 97.2. The number of rotatable bonds is 59. The zero-order chi connectivity index (χ0) is 107. The van der Waals surface area contributed by atoms with Crippen molar-refractivity contribution in [2.75, 3.05) is 105 Å². The van der Waals surface area contributed by atoms with Crippen molar-refractivity contribution in [3.63, 3.8) is 0 Å². The summed E-state index contributed by atoms with van der Waals surface area (Å²) in [6, 6.07) is 3.48. The van der Waals surface area contributed by atoms with E-state index in [1.807, 2.05) is 107 Å². The van der Waals surface area contributed by atoms with Crippen molar-refractivity contribution >= 4 is 52.8 Å². The van der Waals surface area contributed by atoms with Gasteiger partial charge < -0.3 is 78.5 Å². The molecule has 0 saturated carbocycles. The van der Waals surface area contributed by atoms with Crippen LogP contribution in [0, 0.1) is 23.7 Å². The van der Waals surface area contributed by atoms with Gasteiger partial charge in [-0.25, -0.2) is 13.7 Å². The summed E-state index contributed by atoms with van der Waals surface area (Å²) in [6.45, 7) is 78.7. The van der Waals surface area contributed by atoms with Crippen LogP contribution in [0.4, 0.5) is 0 Å². The van der Waals surface area contributed by atoms with Crippen LogP contribution < -0.4 is 16.0 Å². The topological polar surface area (TPSA) is 376 Å². The highest BCUT2D eigenvalue weighted by Gasteiger charge is 2.45. The van der Waals surface area contributed by atoms with E-state index in [0.717, 1.165) is 90.3 Å². The molecule has 7 heterocycles. The van der Waals surface area contributed by atoms with Crippen molar-refractivity contribution in [3.8, 4) is 0 Å². The lowest BCUT2D eigenvalue weighted by atomic mass is 9.96. The summed E-state index contributed by atoms with van der Waals surface area (Å²) in [5, 5.41) is 10.4. The minimum Gasteiger partial charge on any atom is -0.377 e. The highest BCUT2D eigenvalue weighted by Crippen LogP contribution is 2.49. The van der Waals surface area contributed by atoms with Gasteiger partial charge in [0.15, 0.2) is 0 Å². The highest BCUT2D eigenvalue weighted by molar-refractivity contribution is 7.48. The zero-order valence-electron chi connectivity index (χ0n) is 94.5. The van der Waals surface area contributed by atoms with E-state index < -0.39 is 29.6 Å². The molecule has 832 valence electrons. The first-order valence-corrected chi connectivity index (χ1v) is 58.6. The molecule has 17 atom stereocenters. The van der Waals surface area contributed by atoms with Crippen molar-refractivity contribution in [2.24, 2.45) is 23.7 Å². The van der Waals surface area contributed by atoms with Gasteiger partial charge in [0.1, 0.15) is 17.7 Å². The van der Waals surface area contributed by atoms with Gasteiger partial charge in [0.05, 0.1) is 145 Å². The van der Waals surface area contributed by atoms with E-state index in [4.69, 9.17) is 60.3 Å². The fourth-order valence-corrected chi connectivity index (χ4v) is 22.0. The Balaban J connectivity index is 0.000000466. The number of phosphoric ester groups is 3. The average molecular weight is 2070 g/mol. The molecule has 0 radical (unpaired) electrons. The molecule has 0 aliphatic carbocycles. The van der Waals surface area contributed by atoms with Crippen molar-refractivity contribution in [1.29, 1.82) is 0 Å². The molecule has 34 nitrogen and oxygen atoms in total. The lowest BCUT2D eigenvalue weighted by molar-refractivity contribution is -0.138. The lowest BCUT2D eigenvalue weighted by Crippen LogP contribution is -2.40. The SMILES string of the molecule is CC(C)CCC(=O)N1C[C@H](OC(C)C)C[C@H]1COC(C)C.CC(C)CCCC(=O)CC1CC(COC(C)C)N(C(=O)CCNC(C)C)C1.CC(C)NC1CC(COP(=O)(O)OCC(COP(=O)(O)OCC2CC(NC(C)C)CN2C(C)C)OC(C)C)N(C(C)C)C1.CC(C)OC[C@@H]1C[C@@H](OC(C)C)CN1C(=O)CC(=O)C(C)C.CCC1CC(OP(=O)(O)OCC2CC(OC(C)C)CN2C(C)C)CN1C(C)C. The molecule has 7 fully saturated rings. The molecule has 7 rings (SSSR count). The van der Waals surface area contributed by atoms with Crippen molar-refractivity contribution < 1.29 is 113 Å². The molecule has 0 bridgehead atoms. The summed E-state index contributed by atoms with van der Waals surface area (Å²) in [6.07, 6.45) is 12.0. The van der Waals surface area contributed by atoms with Gasteiger partial charge in [0, 0.05) is 163 Å². The minimum absolute atomic E-state index is 0.00128. The van der Waals surface area contributed by atoms with Crippen LogP contribution in [0.3, 0.4) is 0 Å². The van der Waals surface area contributed by atoms with Crippen molar-refractivity contribution in [3.05, 3.63) is 0 Å². The normalized spacial score (nSPS) is 25.5. The molecular weight excluding hydrogens is 1870 g/mol. The second-order valence-corrected chi connectivity index (χ2v) is 49.8. The van der Waals surface area contributed by atoms with Gasteiger partial charge in [0.25, 0.3) is 0 Å². The summed E-state index contributed by atoms with van der Waals surface area (Å²) < 4.78 is 111. The van der Waals surface area contributed by atoms with Gasteiger partial charge in [-0.2, -0.15) is 0 Å². The summed E-state index contributed by atoms with van der Waals surface area (Å²) in [5.41, 5.74) is 0. The number of hydrogen-bond donors (Lipinski definition) is 6. The first kappa shape index (κ1) is 133. The Morgan fingerprint density at radius 3 is 1.11 bits per heavy atom. The summed E-state index contributed by atoms with van der Waals surface area (Å²) in [5.74, 6) is 2.02. The number of carbonyl (C=O) groups is 5. The van der Waals surface area contributed by atoms with E-state index in [1.54, 1.807) is 18.7 Å². The molecule has 0 aromatic heterocycles. The lowest BCUT2D eigenvalue weighted by Gasteiger charge is -2.29. The number of likely N-dealkylation sites (tertiary alicyclic amines) is 7. The molecule has 3 amide bonds. The van der Waals surface area contributed by atoms with Crippen molar-refractivity contribution in [1.82, 2.24) is 50.2 Å². The molecule has 141 heavy (non-hydrogen) atoms. The van der Waals surface area contributed by atoms with Crippen LogP contribution in [0.1, 0.15) is 345 Å². The average Bonchev–Trinajstić information content (AvgIpc) is 1.69. The maximum Gasteiger partial charge on any atom is 0.472 e. The number of carbonyl (C=O) groups excluding carboxylic acids is 5. The Bertz CT molecular complexity index is 3540. The number of nitrogens with zero attached hydrogens (tertiary/aromatic N) is 7. The van der Waals surface area contributed by atoms with Crippen LogP contribution in [-0.4, -0.2) is 353 Å². The molecule has 6 N–H and O–H groups in total. The van der Waals surface area contributed by atoms with Gasteiger partial charge in [0.2, 0.25) is 17.7 Å². The predicted octanol–water partition coefficient (Wildman–Crippen LogP) is 16.9. The van der Waals surface area contributed by atoms with Crippen LogP contribution in [0.5, 0.6) is 0 Å². The maximum atomic E-state index is 12.8. The van der Waals surface area contributed by atoms with Gasteiger partial charge in [-0.15, -0.1) is 0 Å². The van der Waals surface area contributed by atoms with Crippen LogP contribution in [-0.2, 0) is 98.0 Å². The fourth-order valence-electron chi connectivity index (χ4n) is 19.5. The number of nitrogens with one attached hydrogen (secondary N) is 3. The summed E-state index contributed by atoms with van der Waals surface area (Å²) in [7, 11) is -12.9. The highest BCUT2D eigenvalue weighted by atomic mass is 31.2. The number of Topliss-reactive ketones (excluding diaryl/α,β-unsaturated/α-hetero) is 2. The maximum absolute atomic E-state index is 12.8. The molecular formula is C104H207N10O24P3. The fraction of sp³-hybridized carbons (Fsp3) is 0.952. The van der Waals surface area contributed by atoms with E-state index >= 15 is 0 Å². The predicted molar refractivity (Wildman–Crippen MR) is 561 cm³/mol. The van der Waals surface area contributed by atoms with E-state index in [-0.39, 0.29) is 202 Å². The number of phosphoric acid groups is 3. The summed E-state index contributed by atoms with van der Waals surface area (Å²) in [4.78, 5) is 108. The Kier molecular flexibility index (Phi) is 63.1. The second-order valence-electron chi connectivity index (χ2n) is 45.4. The van der Waals surface area contributed by atoms with Gasteiger partial charge in [-0.3, -0.25) is 70.7 Å². The van der Waals surface area contributed by atoms with E-state index in [0.29, 0.717) is 132 Å². The summed E-state index contributed by atoms with van der Waals surface area (Å²) >= 11 is 0. The molecule has 0 aromatic rings. The third-order valence-electron chi connectivity index (χ3n) is 25.9. The monoisotopic (exact) mass is 2070 g/mol. The molecule has 7 aliphatic heterocycles. The molecule has 0 aromatic carbocycles. The van der Waals surface area contributed by atoms with Crippen LogP contribution >= 0.6 is 23.5 Å². The first-order valence-electron chi connectivity index (χ1n) is 54.1. The van der Waals surface area contributed by atoms with Crippen LogP contribution in [0.15, 0.2) is 0 Å². The number of ether oxygens (including phenoxy) is 7. The third-order valence-corrected chi connectivity index (χ3v) is 28.9. The first-order chi connectivity index (χ1) is 65.6. The van der Waals surface area contributed by atoms with Gasteiger partial charge in [-0.1, -0.05) is 96.4 Å². The third kappa shape index (κ3) is 54.9. The van der Waals surface area contributed by atoms with Crippen LogP contribution in [0.25, 0.3) is 0 Å². The molecule has 7 aliphatic rings. The molecule has 13 unspecified atom stereocenters. The van der Waals surface area contributed by atoms with Gasteiger partial charge in [-0.05, 0) is 234 Å². The van der Waals surface area contributed by atoms with E-state index in [2.05, 4.69) is 167 Å². The van der Waals surface area contributed by atoms with Gasteiger partial charge >= 0.3 is 23.5 Å². The molecule has 7 saturated heterocycles. The van der Waals surface area contributed by atoms with Crippen LogP contribution in [0.2, 0.25) is 0 Å². The molecule has 0 spiro atoms. The largest absolute Gasteiger partial charge is 0.472 e. The Hall–Kier alpha value is -2.48. The van der Waals surface area contributed by atoms with E-state index in [9.17, 15) is 52.3 Å². The number of hydrogen-bond acceptors (Lipinski definition) is 28. The Morgan fingerprint density at radius 1 is 0.362 bits per heavy atom. The molecule has 37 heteroatoms. The number of amides is 3. The second kappa shape index (κ2) is 67.0. The smallest absolute Gasteiger partial charge is 0.377 e. The van der Waals surface area contributed by atoms with Crippen molar-refractivity contribution in [2.45, 2.75) is 515 Å². The Labute approximate surface area is 855 Å². The minimum atomic E-state index is -4.43.